The van der Waals surface area contributed by atoms with Crippen molar-refractivity contribution < 1.29 is 18.7 Å². The fraction of sp³-hybridized carbons (Fsp3) is 0.370. The number of benzene rings is 1. The molecule has 1 aliphatic rings. The quantitative estimate of drug-likeness (QED) is 0.515. The van der Waals surface area contributed by atoms with Gasteiger partial charge in [0.15, 0.2) is 0 Å². The lowest BCUT2D eigenvalue weighted by atomic mass is 9.90. The molecular formula is C27H32N4O4. The summed E-state index contributed by atoms with van der Waals surface area (Å²) >= 11 is 0. The number of likely N-dealkylation sites (tertiary alicyclic amines) is 1. The summed E-state index contributed by atoms with van der Waals surface area (Å²) in [4.78, 5) is 34.4. The minimum atomic E-state index is -0.151. The van der Waals surface area contributed by atoms with Gasteiger partial charge in [0.25, 0.3) is 5.91 Å². The Balaban J connectivity index is 1.42. The fourth-order valence-corrected chi connectivity index (χ4v) is 4.38. The second-order valence-corrected chi connectivity index (χ2v) is 8.75. The zero-order valence-corrected chi connectivity index (χ0v) is 20.5. The van der Waals surface area contributed by atoms with E-state index in [-0.39, 0.29) is 17.9 Å². The van der Waals surface area contributed by atoms with Crippen LogP contribution in [0.1, 0.15) is 53.2 Å². The van der Waals surface area contributed by atoms with Gasteiger partial charge < -0.3 is 24.3 Å². The number of hydrogen-bond acceptors (Lipinski definition) is 5. The number of furan rings is 1. The molecule has 184 valence electrons. The zero-order chi connectivity index (χ0) is 24.8. The number of aromatic nitrogens is 1. The Morgan fingerprint density at radius 2 is 1.91 bits per heavy atom. The minimum Gasteiger partial charge on any atom is -0.492 e. The monoisotopic (exact) mass is 476 g/mol. The highest BCUT2D eigenvalue weighted by atomic mass is 16.5. The van der Waals surface area contributed by atoms with Gasteiger partial charge in [-0.15, -0.1) is 0 Å². The lowest BCUT2D eigenvalue weighted by molar-refractivity contribution is 0.0772. The van der Waals surface area contributed by atoms with Crippen LogP contribution in [0.4, 0.5) is 10.5 Å². The fourth-order valence-electron chi connectivity index (χ4n) is 4.38. The number of amides is 3. The molecule has 8 nitrogen and oxygen atoms in total. The smallest absolute Gasteiger partial charge is 0.321 e. The van der Waals surface area contributed by atoms with E-state index in [1.54, 1.807) is 23.1 Å². The minimum absolute atomic E-state index is 0.0865. The highest BCUT2D eigenvalue weighted by Gasteiger charge is 2.29. The van der Waals surface area contributed by atoms with Crippen LogP contribution in [0.3, 0.4) is 0 Å². The number of carbonyl (C=O) groups is 2. The van der Waals surface area contributed by atoms with E-state index in [9.17, 15) is 9.59 Å². The van der Waals surface area contributed by atoms with Gasteiger partial charge >= 0.3 is 6.03 Å². The van der Waals surface area contributed by atoms with Crippen molar-refractivity contribution in [1.29, 1.82) is 0 Å². The lowest BCUT2D eigenvalue weighted by Gasteiger charge is -2.33. The van der Waals surface area contributed by atoms with Crippen molar-refractivity contribution in [2.75, 3.05) is 32.1 Å². The molecule has 0 radical (unpaired) electrons. The van der Waals surface area contributed by atoms with Crippen LogP contribution >= 0.6 is 0 Å². The number of pyridine rings is 1. The first-order valence-corrected chi connectivity index (χ1v) is 12.0. The van der Waals surface area contributed by atoms with Crippen molar-refractivity contribution >= 4 is 17.6 Å². The van der Waals surface area contributed by atoms with Crippen LogP contribution in [0, 0.1) is 6.92 Å². The second kappa shape index (κ2) is 11.1. The van der Waals surface area contributed by atoms with E-state index < -0.39 is 0 Å². The highest BCUT2D eigenvalue weighted by molar-refractivity contribution is 5.95. The highest BCUT2D eigenvalue weighted by Crippen LogP contribution is 2.31. The van der Waals surface area contributed by atoms with Gasteiger partial charge in [-0.1, -0.05) is 12.1 Å². The maximum Gasteiger partial charge on any atom is 0.321 e. The molecule has 0 bridgehead atoms. The van der Waals surface area contributed by atoms with Crippen molar-refractivity contribution in [3.05, 3.63) is 77.5 Å². The van der Waals surface area contributed by atoms with E-state index in [2.05, 4.69) is 5.32 Å². The number of hydrogen-bond donors (Lipinski definition) is 1. The Morgan fingerprint density at radius 3 is 2.63 bits per heavy atom. The SMILES string of the molecule is CCOc1ccccc1NC(=O)N1CCC(c2nc(C)ccc2C(=O)N(C)Cc2ccco2)CC1. The number of urea groups is 1. The van der Waals surface area contributed by atoms with Crippen molar-refractivity contribution in [2.24, 2.45) is 0 Å². The largest absolute Gasteiger partial charge is 0.492 e. The molecule has 35 heavy (non-hydrogen) atoms. The van der Waals surface area contributed by atoms with Crippen LogP contribution in [0.25, 0.3) is 0 Å². The average Bonchev–Trinajstić information content (AvgIpc) is 3.38. The van der Waals surface area contributed by atoms with Crippen molar-refractivity contribution in [3.8, 4) is 5.75 Å². The molecule has 3 heterocycles. The number of aryl methyl sites for hydroxylation is 1. The van der Waals surface area contributed by atoms with Gasteiger partial charge in [-0.05, 0) is 63.1 Å². The third-order valence-corrected chi connectivity index (χ3v) is 6.21. The summed E-state index contributed by atoms with van der Waals surface area (Å²) in [6.07, 6.45) is 3.07. The molecule has 1 saturated heterocycles. The number of para-hydroxylation sites is 2. The molecule has 4 rings (SSSR count). The first-order chi connectivity index (χ1) is 17.0. The van der Waals surface area contributed by atoms with E-state index in [1.165, 1.54) is 0 Å². The topological polar surface area (TPSA) is 87.9 Å². The number of rotatable bonds is 7. The van der Waals surface area contributed by atoms with Gasteiger partial charge in [0.1, 0.15) is 11.5 Å². The van der Waals surface area contributed by atoms with E-state index in [4.69, 9.17) is 14.1 Å². The van der Waals surface area contributed by atoms with Crippen LogP contribution in [0.2, 0.25) is 0 Å². The molecule has 8 heteroatoms. The van der Waals surface area contributed by atoms with Gasteiger partial charge in [0.2, 0.25) is 0 Å². The average molecular weight is 477 g/mol. The summed E-state index contributed by atoms with van der Waals surface area (Å²) in [7, 11) is 1.77. The van der Waals surface area contributed by atoms with Crippen LogP contribution in [0.5, 0.6) is 5.75 Å². The predicted molar refractivity (Wildman–Crippen MR) is 134 cm³/mol. The molecule has 0 atom stereocenters. The molecule has 1 aromatic carbocycles. The lowest BCUT2D eigenvalue weighted by Crippen LogP contribution is -2.41. The maximum atomic E-state index is 13.3. The molecule has 0 unspecified atom stereocenters. The number of nitrogens with one attached hydrogen (secondary N) is 1. The summed E-state index contributed by atoms with van der Waals surface area (Å²) in [5, 5.41) is 2.97. The Morgan fingerprint density at radius 1 is 1.14 bits per heavy atom. The number of nitrogens with zero attached hydrogens (tertiary/aromatic N) is 3. The van der Waals surface area contributed by atoms with Crippen LogP contribution in [0.15, 0.2) is 59.2 Å². The van der Waals surface area contributed by atoms with Gasteiger partial charge in [-0.3, -0.25) is 9.78 Å². The Hall–Kier alpha value is -3.81. The molecule has 1 N–H and O–H groups in total. The number of anilines is 1. The second-order valence-electron chi connectivity index (χ2n) is 8.75. The molecule has 3 aromatic rings. The molecule has 0 saturated carbocycles. The molecule has 0 spiro atoms. The number of carbonyl (C=O) groups excluding carboxylic acids is 2. The summed E-state index contributed by atoms with van der Waals surface area (Å²) in [6, 6.07) is 14.7. The Kier molecular flexibility index (Phi) is 7.70. The Bertz CT molecular complexity index is 1150. The first-order valence-electron chi connectivity index (χ1n) is 12.0. The van der Waals surface area contributed by atoms with Crippen molar-refractivity contribution in [2.45, 2.75) is 39.2 Å². The van der Waals surface area contributed by atoms with Gasteiger partial charge in [0, 0.05) is 31.7 Å². The van der Waals surface area contributed by atoms with Crippen LogP contribution in [-0.2, 0) is 6.54 Å². The normalized spacial score (nSPS) is 14.0. The first kappa shape index (κ1) is 24.3. The van der Waals surface area contributed by atoms with Crippen molar-refractivity contribution in [3.63, 3.8) is 0 Å². The van der Waals surface area contributed by atoms with Gasteiger partial charge in [-0.2, -0.15) is 0 Å². The predicted octanol–water partition coefficient (Wildman–Crippen LogP) is 5.07. The van der Waals surface area contributed by atoms with Crippen molar-refractivity contribution in [1.82, 2.24) is 14.8 Å². The van der Waals surface area contributed by atoms with Gasteiger partial charge in [-0.25, -0.2) is 4.79 Å². The third kappa shape index (κ3) is 5.82. The zero-order valence-electron chi connectivity index (χ0n) is 20.5. The molecule has 2 aromatic heterocycles. The molecule has 0 aliphatic carbocycles. The third-order valence-electron chi connectivity index (χ3n) is 6.21. The molecule has 1 fully saturated rings. The van der Waals surface area contributed by atoms with E-state index in [1.807, 2.05) is 62.4 Å². The summed E-state index contributed by atoms with van der Waals surface area (Å²) in [5.41, 5.74) is 2.95. The van der Waals surface area contributed by atoms with E-state index >= 15 is 0 Å². The number of ether oxygens (including phenoxy) is 1. The molecule has 1 aliphatic heterocycles. The molecule has 3 amide bonds. The van der Waals surface area contributed by atoms with Crippen LogP contribution < -0.4 is 10.1 Å². The van der Waals surface area contributed by atoms with Crippen LogP contribution in [-0.4, -0.2) is 53.5 Å². The number of piperidine rings is 1. The Labute approximate surface area is 205 Å². The van der Waals surface area contributed by atoms with E-state index in [0.29, 0.717) is 43.2 Å². The maximum absolute atomic E-state index is 13.3. The summed E-state index contributed by atoms with van der Waals surface area (Å²) in [6.45, 7) is 5.93. The summed E-state index contributed by atoms with van der Waals surface area (Å²) in [5.74, 6) is 1.40. The van der Waals surface area contributed by atoms with E-state index in [0.717, 1.165) is 30.0 Å². The molecular weight excluding hydrogens is 444 g/mol. The standard InChI is InChI=1S/C27H32N4O4/c1-4-34-24-10-6-5-9-23(24)29-27(33)31-15-13-20(14-16-31)25-22(12-11-19(2)28-25)26(32)30(3)18-21-8-7-17-35-21/h5-12,17,20H,4,13-16,18H2,1-3H3,(H,29,33). The van der Waals surface area contributed by atoms with Gasteiger partial charge in [0.05, 0.1) is 36.4 Å². The summed E-state index contributed by atoms with van der Waals surface area (Å²) < 4.78 is 11.0.